The van der Waals surface area contributed by atoms with E-state index in [4.69, 9.17) is 19.3 Å². The van der Waals surface area contributed by atoms with Gasteiger partial charge in [0.15, 0.2) is 0 Å². The molecule has 3 atom stereocenters. The molecule has 1 aliphatic heterocycles. The van der Waals surface area contributed by atoms with E-state index >= 15 is 0 Å². The topological polar surface area (TPSA) is 126 Å². The van der Waals surface area contributed by atoms with Gasteiger partial charge in [-0.1, -0.05) is 54.6 Å². The lowest BCUT2D eigenvalue weighted by Gasteiger charge is -2.40. The second kappa shape index (κ2) is 13.7. The van der Waals surface area contributed by atoms with Crippen LogP contribution < -0.4 is 4.74 Å². The Hall–Kier alpha value is -3.92. The Morgan fingerprint density at radius 2 is 1.51 bits per heavy atom. The van der Waals surface area contributed by atoms with E-state index in [1.165, 1.54) is 12.1 Å². The van der Waals surface area contributed by atoms with Gasteiger partial charge < -0.3 is 34.4 Å². The van der Waals surface area contributed by atoms with Crippen LogP contribution in [0.1, 0.15) is 39.4 Å². The number of nitrogens with zero attached hydrogens (tertiary/aromatic N) is 1. The molecule has 3 aromatic rings. The first-order valence-electron chi connectivity index (χ1n) is 12.8. The number of carbonyl (C=O) groups is 2. The molecule has 39 heavy (non-hydrogen) atoms. The minimum Gasteiger partial charge on any atom is -0.494 e. The normalized spacial score (nSPS) is 19.0. The molecular formula is C30H33NO8. The molecular weight excluding hydrogens is 502 g/mol. The number of hydrogen-bond donors (Lipinski definition) is 3. The summed E-state index contributed by atoms with van der Waals surface area (Å²) in [6.45, 7) is 1.88. The van der Waals surface area contributed by atoms with E-state index in [0.29, 0.717) is 25.6 Å². The highest BCUT2D eigenvalue weighted by molar-refractivity contribution is 5.87. The zero-order valence-corrected chi connectivity index (χ0v) is 21.5. The molecule has 1 amide bonds. The predicted molar refractivity (Wildman–Crippen MR) is 143 cm³/mol. The Morgan fingerprint density at radius 1 is 0.821 bits per heavy atom. The summed E-state index contributed by atoms with van der Waals surface area (Å²) in [7, 11) is 0. The molecule has 9 heteroatoms. The number of β-amino-alcohol motifs (C(OH)–C–C–N with tert-alkyl or cyclic N) is 1. The number of piperidine rings is 1. The summed E-state index contributed by atoms with van der Waals surface area (Å²) < 4.78 is 17.6. The summed E-state index contributed by atoms with van der Waals surface area (Å²) in [4.78, 5) is 23.9. The standard InChI is InChI=1S/C30H33NO8/c32-26-17-31(30(35)36)18-27(39-20-22-7-9-24(10-8-22)29(33)34)28(26)23-11-13-25(14-12-23)38-16-4-15-37-19-21-5-2-1-3-6-21/h1-3,5-14,26-28,32H,4,15-20H2,(H,33,34)(H,35,36). The number of aliphatic hydroxyl groups excluding tert-OH is 1. The van der Waals surface area contributed by atoms with Crippen LogP contribution in [0.3, 0.4) is 0 Å². The first kappa shape index (κ1) is 28.1. The van der Waals surface area contributed by atoms with Crippen molar-refractivity contribution in [1.29, 1.82) is 0 Å². The van der Waals surface area contributed by atoms with Gasteiger partial charge in [0.05, 0.1) is 57.3 Å². The Bertz CT molecular complexity index is 1200. The van der Waals surface area contributed by atoms with Crippen LogP contribution >= 0.6 is 0 Å². The third kappa shape index (κ3) is 8.03. The van der Waals surface area contributed by atoms with Crippen LogP contribution in [0.2, 0.25) is 0 Å². The number of amides is 1. The number of aliphatic hydroxyl groups is 1. The maximum atomic E-state index is 11.6. The summed E-state index contributed by atoms with van der Waals surface area (Å²) in [6.07, 6.45) is -1.94. The smallest absolute Gasteiger partial charge is 0.407 e. The monoisotopic (exact) mass is 535 g/mol. The van der Waals surface area contributed by atoms with Crippen LogP contribution in [-0.2, 0) is 22.7 Å². The molecule has 0 aliphatic carbocycles. The fourth-order valence-corrected chi connectivity index (χ4v) is 4.59. The van der Waals surface area contributed by atoms with E-state index in [2.05, 4.69) is 0 Å². The van der Waals surface area contributed by atoms with Crippen LogP contribution in [0.5, 0.6) is 5.75 Å². The summed E-state index contributed by atoms with van der Waals surface area (Å²) in [5, 5.41) is 29.5. The summed E-state index contributed by atoms with van der Waals surface area (Å²) in [5.74, 6) is -0.770. The maximum Gasteiger partial charge on any atom is 0.407 e. The number of benzene rings is 3. The molecule has 0 aromatic heterocycles. The lowest BCUT2D eigenvalue weighted by atomic mass is 9.84. The highest BCUT2D eigenvalue weighted by atomic mass is 16.5. The molecule has 206 valence electrons. The van der Waals surface area contributed by atoms with E-state index < -0.39 is 30.2 Å². The highest BCUT2D eigenvalue weighted by Gasteiger charge is 2.39. The number of hydrogen-bond acceptors (Lipinski definition) is 6. The molecule has 1 saturated heterocycles. The van der Waals surface area contributed by atoms with E-state index in [9.17, 15) is 19.8 Å². The Kier molecular flexibility index (Phi) is 9.91. The van der Waals surface area contributed by atoms with Gasteiger partial charge in [0, 0.05) is 12.3 Å². The van der Waals surface area contributed by atoms with Crippen molar-refractivity contribution in [3.63, 3.8) is 0 Å². The number of ether oxygens (including phenoxy) is 3. The fourth-order valence-electron chi connectivity index (χ4n) is 4.59. The van der Waals surface area contributed by atoms with E-state index in [0.717, 1.165) is 28.0 Å². The molecule has 3 N–H and O–H groups in total. The maximum absolute atomic E-state index is 11.6. The van der Waals surface area contributed by atoms with Gasteiger partial charge in [-0.05, 0) is 41.0 Å². The number of rotatable bonds is 12. The first-order valence-corrected chi connectivity index (χ1v) is 12.8. The zero-order valence-electron chi connectivity index (χ0n) is 21.5. The molecule has 0 saturated carbocycles. The van der Waals surface area contributed by atoms with Crippen LogP contribution in [0.15, 0.2) is 78.9 Å². The zero-order chi connectivity index (χ0) is 27.6. The molecule has 0 radical (unpaired) electrons. The van der Waals surface area contributed by atoms with Gasteiger partial charge in [-0.25, -0.2) is 9.59 Å². The third-order valence-electron chi connectivity index (χ3n) is 6.64. The molecule has 3 aromatic carbocycles. The molecule has 1 heterocycles. The summed E-state index contributed by atoms with van der Waals surface area (Å²) >= 11 is 0. The summed E-state index contributed by atoms with van der Waals surface area (Å²) in [6, 6.07) is 23.7. The fraction of sp³-hybridized carbons (Fsp3) is 0.333. The van der Waals surface area contributed by atoms with E-state index in [1.54, 1.807) is 12.1 Å². The van der Waals surface area contributed by atoms with Crippen molar-refractivity contribution in [3.05, 3.63) is 101 Å². The van der Waals surface area contributed by atoms with Gasteiger partial charge in [-0.2, -0.15) is 0 Å². The second-order valence-electron chi connectivity index (χ2n) is 9.44. The minimum absolute atomic E-state index is 0.0194. The van der Waals surface area contributed by atoms with Crippen LogP contribution in [-0.4, -0.2) is 70.8 Å². The van der Waals surface area contributed by atoms with E-state index in [1.807, 2.05) is 54.6 Å². The Balaban J connectivity index is 1.32. The van der Waals surface area contributed by atoms with Crippen molar-refractivity contribution in [2.45, 2.75) is 37.8 Å². The predicted octanol–water partition coefficient (Wildman–Crippen LogP) is 4.39. The molecule has 1 fully saturated rings. The van der Waals surface area contributed by atoms with Crippen LogP contribution in [0.4, 0.5) is 4.79 Å². The SMILES string of the molecule is O=C(O)c1ccc(COC2CN(C(=O)O)CC(O)C2c2ccc(OCCCOCc3ccccc3)cc2)cc1. The van der Waals surface area contributed by atoms with Crippen molar-refractivity contribution < 1.29 is 39.1 Å². The lowest BCUT2D eigenvalue weighted by molar-refractivity contribution is -0.0660. The van der Waals surface area contributed by atoms with Gasteiger partial charge >= 0.3 is 12.1 Å². The average Bonchev–Trinajstić information content (AvgIpc) is 2.94. The molecule has 4 rings (SSSR count). The Morgan fingerprint density at radius 3 is 2.18 bits per heavy atom. The number of carboxylic acid groups (broad SMARTS) is 2. The van der Waals surface area contributed by atoms with Crippen molar-refractivity contribution in [1.82, 2.24) is 4.90 Å². The van der Waals surface area contributed by atoms with Gasteiger partial charge in [0.1, 0.15) is 5.75 Å². The van der Waals surface area contributed by atoms with Gasteiger partial charge in [-0.3, -0.25) is 0 Å². The molecule has 9 nitrogen and oxygen atoms in total. The van der Waals surface area contributed by atoms with Crippen LogP contribution in [0, 0.1) is 0 Å². The van der Waals surface area contributed by atoms with Crippen molar-refractivity contribution in [2.75, 3.05) is 26.3 Å². The largest absolute Gasteiger partial charge is 0.494 e. The van der Waals surface area contributed by atoms with E-state index in [-0.39, 0.29) is 25.3 Å². The second-order valence-corrected chi connectivity index (χ2v) is 9.44. The number of aromatic carboxylic acids is 1. The molecule has 1 aliphatic rings. The van der Waals surface area contributed by atoms with Gasteiger partial charge in [0.25, 0.3) is 0 Å². The number of carboxylic acids is 1. The van der Waals surface area contributed by atoms with Crippen LogP contribution in [0.25, 0.3) is 0 Å². The molecule has 0 bridgehead atoms. The molecule has 3 unspecified atom stereocenters. The molecule has 0 spiro atoms. The first-order chi connectivity index (χ1) is 18.9. The average molecular weight is 536 g/mol. The quantitative estimate of drug-likeness (QED) is 0.292. The van der Waals surface area contributed by atoms with Crippen molar-refractivity contribution in [2.24, 2.45) is 0 Å². The highest BCUT2D eigenvalue weighted by Crippen LogP contribution is 2.32. The minimum atomic E-state index is -1.12. The third-order valence-corrected chi connectivity index (χ3v) is 6.64. The van der Waals surface area contributed by atoms with Gasteiger partial charge in [-0.15, -0.1) is 0 Å². The Labute approximate surface area is 227 Å². The lowest BCUT2D eigenvalue weighted by Crippen LogP contribution is -2.53. The van der Waals surface area contributed by atoms with Crippen molar-refractivity contribution in [3.8, 4) is 5.75 Å². The van der Waals surface area contributed by atoms with Crippen molar-refractivity contribution >= 4 is 12.1 Å². The van der Waals surface area contributed by atoms with Gasteiger partial charge in [0.2, 0.25) is 0 Å². The summed E-state index contributed by atoms with van der Waals surface area (Å²) in [5.41, 5.74) is 2.86. The number of likely N-dealkylation sites (tertiary alicyclic amines) is 1.